The molecule has 4 aromatic rings. The van der Waals surface area contributed by atoms with Crippen LogP contribution in [0.1, 0.15) is 82.5 Å². The maximum absolute atomic E-state index is 14.0. The Labute approximate surface area is 238 Å². The lowest BCUT2D eigenvalue weighted by atomic mass is 9.81. The summed E-state index contributed by atoms with van der Waals surface area (Å²) in [5, 5.41) is 0. The van der Waals surface area contributed by atoms with Crippen LogP contribution in [0.4, 0.5) is 22.7 Å². The summed E-state index contributed by atoms with van der Waals surface area (Å²) < 4.78 is 0. The van der Waals surface area contributed by atoms with Gasteiger partial charge in [-0.3, -0.25) is 9.59 Å². The number of benzene rings is 4. The average Bonchev–Trinajstić information content (AvgIpc) is 3.00. The fourth-order valence-corrected chi connectivity index (χ4v) is 5.56. The second-order valence-corrected chi connectivity index (χ2v) is 10.7. The number of fused-ring (bicyclic) bond motifs is 2. The highest BCUT2D eigenvalue weighted by molar-refractivity contribution is 6.32. The zero-order valence-corrected chi connectivity index (χ0v) is 24.0. The SMILES string of the molecule is CCCCc1ccc(N(C)c2ccc(N(C)c3ccc(CCCC)cc3)c3c2C(=O)c2ccccc2C3=O)cc1. The third kappa shape index (κ3) is 5.19. The van der Waals surface area contributed by atoms with Gasteiger partial charge in [0.15, 0.2) is 11.6 Å². The van der Waals surface area contributed by atoms with Crippen LogP contribution in [0.3, 0.4) is 0 Å². The number of unbranched alkanes of at least 4 members (excludes halogenated alkanes) is 2. The molecule has 0 unspecified atom stereocenters. The van der Waals surface area contributed by atoms with Crippen molar-refractivity contribution in [3.8, 4) is 0 Å². The van der Waals surface area contributed by atoms with Gasteiger partial charge in [-0.05, 0) is 73.2 Å². The molecule has 0 saturated heterocycles. The summed E-state index contributed by atoms with van der Waals surface area (Å²) in [5.74, 6) is -0.228. The van der Waals surface area contributed by atoms with Crippen LogP contribution >= 0.6 is 0 Å². The molecule has 1 aliphatic carbocycles. The van der Waals surface area contributed by atoms with E-state index in [9.17, 15) is 9.59 Å². The maximum atomic E-state index is 14.0. The van der Waals surface area contributed by atoms with Crippen LogP contribution in [0, 0.1) is 0 Å². The van der Waals surface area contributed by atoms with E-state index in [1.54, 1.807) is 12.1 Å². The van der Waals surface area contributed by atoms with E-state index in [-0.39, 0.29) is 11.6 Å². The summed E-state index contributed by atoms with van der Waals surface area (Å²) in [5.41, 5.74) is 7.88. The smallest absolute Gasteiger partial charge is 0.196 e. The highest BCUT2D eigenvalue weighted by Crippen LogP contribution is 2.42. The molecule has 5 rings (SSSR count). The lowest BCUT2D eigenvalue weighted by Crippen LogP contribution is -2.27. The molecule has 0 amide bonds. The van der Waals surface area contributed by atoms with Crippen LogP contribution in [0.2, 0.25) is 0 Å². The number of aryl methyl sites for hydroxylation is 2. The van der Waals surface area contributed by atoms with Gasteiger partial charge in [0.25, 0.3) is 0 Å². The van der Waals surface area contributed by atoms with E-state index >= 15 is 0 Å². The molecule has 4 heteroatoms. The maximum Gasteiger partial charge on any atom is 0.196 e. The van der Waals surface area contributed by atoms with Crippen LogP contribution in [-0.2, 0) is 12.8 Å². The first-order chi connectivity index (χ1) is 19.4. The molecule has 0 aliphatic heterocycles. The first kappa shape index (κ1) is 27.4. The number of nitrogens with zero attached hydrogens (tertiary/aromatic N) is 2. The first-order valence-corrected chi connectivity index (χ1v) is 14.4. The van der Waals surface area contributed by atoms with Crippen LogP contribution in [0.5, 0.6) is 0 Å². The van der Waals surface area contributed by atoms with Gasteiger partial charge in [0.05, 0.1) is 22.5 Å². The van der Waals surface area contributed by atoms with Gasteiger partial charge in [0, 0.05) is 36.6 Å². The molecule has 4 nitrogen and oxygen atoms in total. The van der Waals surface area contributed by atoms with Crippen molar-refractivity contribution >= 4 is 34.3 Å². The Kier molecular flexibility index (Phi) is 8.16. The molecule has 0 fully saturated rings. The van der Waals surface area contributed by atoms with Crippen LogP contribution < -0.4 is 9.80 Å². The minimum Gasteiger partial charge on any atom is -0.344 e. The molecule has 0 aromatic heterocycles. The molecule has 4 aromatic carbocycles. The predicted molar refractivity (Wildman–Crippen MR) is 166 cm³/mol. The minimum atomic E-state index is -0.114. The van der Waals surface area contributed by atoms with Gasteiger partial charge in [-0.2, -0.15) is 0 Å². The van der Waals surface area contributed by atoms with E-state index in [0.717, 1.165) is 61.3 Å². The minimum absolute atomic E-state index is 0.114. The molecule has 204 valence electrons. The summed E-state index contributed by atoms with van der Waals surface area (Å²) in [6.07, 6.45) is 6.76. The topological polar surface area (TPSA) is 40.6 Å². The fourth-order valence-electron chi connectivity index (χ4n) is 5.56. The van der Waals surface area contributed by atoms with Crippen molar-refractivity contribution in [2.45, 2.75) is 52.4 Å². The second-order valence-electron chi connectivity index (χ2n) is 10.7. The molecule has 0 radical (unpaired) electrons. The molecule has 0 heterocycles. The third-order valence-electron chi connectivity index (χ3n) is 8.04. The van der Waals surface area contributed by atoms with E-state index in [1.807, 2.05) is 48.2 Å². The van der Waals surface area contributed by atoms with Crippen LogP contribution in [0.15, 0.2) is 84.9 Å². The van der Waals surface area contributed by atoms with Gasteiger partial charge in [-0.1, -0.05) is 75.2 Å². The predicted octanol–water partition coefficient (Wildman–Crippen LogP) is 8.68. The normalized spacial score (nSPS) is 12.2. The Bertz CT molecular complexity index is 1400. The molecule has 0 bridgehead atoms. The van der Waals surface area contributed by atoms with Crippen molar-refractivity contribution in [3.05, 3.63) is 118 Å². The van der Waals surface area contributed by atoms with Crippen molar-refractivity contribution in [1.82, 2.24) is 0 Å². The summed E-state index contributed by atoms with van der Waals surface area (Å²) in [6.45, 7) is 4.40. The quantitative estimate of drug-likeness (QED) is 0.181. The number of carbonyl (C=O) groups is 2. The van der Waals surface area contributed by atoms with E-state index < -0.39 is 0 Å². The largest absolute Gasteiger partial charge is 0.344 e. The monoisotopic (exact) mass is 530 g/mol. The molecule has 40 heavy (non-hydrogen) atoms. The van der Waals surface area contributed by atoms with E-state index in [1.165, 1.54) is 11.1 Å². The van der Waals surface area contributed by atoms with Crippen molar-refractivity contribution in [3.63, 3.8) is 0 Å². The highest BCUT2D eigenvalue weighted by Gasteiger charge is 2.35. The number of rotatable bonds is 10. The number of hydrogen-bond acceptors (Lipinski definition) is 4. The zero-order valence-electron chi connectivity index (χ0n) is 24.0. The van der Waals surface area contributed by atoms with Gasteiger partial charge < -0.3 is 9.80 Å². The van der Waals surface area contributed by atoms with Gasteiger partial charge in [-0.15, -0.1) is 0 Å². The highest BCUT2D eigenvalue weighted by atomic mass is 16.1. The van der Waals surface area contributed by atoms with E-state index in [0.29, 0.717) is 22.3 Å². The first-order valence-electron chi connectivity index (χ1n) is 14.4. The molecule has 0 spiro atoms. The van der Waals surface area contributed by atoms with Gasteiger partial charge in [-0.25, -0.2) is 0 Å². The van der Waals surface area contributed by atoms with Crippen molar-refractivity contribution in [2.75, 3.05) is 23.9 Å². The Morgan fingerprint density at radius 3 is 1.25 bits per heavy atom. The summed E-state index contributed by atoms with van der Waals surface area (Å²) >= 11 is 0. The zero-order chi connectivity index (χ0) is 28.2. The Morgan fingerprint density at radius 1 is 0.525 bits per heavy atom. The van der Waals surface area contributed by atoms with E-state index in [4.69, 9.17) is 0 Å². The fraction of sp³-hybridized carbons (Fsp3) is 0.278. The average molecular weight is 531 g/mol. The number of hydrogen-bond donors (Lipinski definition) is 0. The third-order valence-corrected chi connectivity index (χ3v) is 8.04. The molecule has 0 saturated carbocycles. The molecular formula is C36H38N2O2. The molecule has 0 N–H and O–H groups in total. The lowest BCUT2D eigenvalue weighted by Gasteiger charge is -2.31. The standard InChI is InChI=1S/C36H38N2O2/c1-5-7-11-25-15-19-27(20-16-25)37(3)31-23-24-32(38(4)28-21-17-26(18-22-28)12-8-6-2)34-33(31)35(39)29-13-9-10-14-30(29)36(34)40/h9-10,13-24H,5-8,11-12H2,1-4H3. The van der Waals surface area contributed by atoms with Crippen LogP contribution in [-0.4, -0.2) is 25.7 Å². The Morgan fingerprint density at radius 2 is 0.900 bits per heavy atom. The van der Waals surface area contributed by atoms with E-state index in [2.05, 4.69) is 62.4 Å². The Balaban J connectivity index is 1.59. The van der Waals surface area contributed by atoms with Crippen molar-refractivity contribution < 1.29 is 9.59 Å². The van der Waals surface area contributed by atoms with Crippen LogP contribution in [0.25, 0.3) is 0 Å². The lowest BCUT2D eigenvalue weighted by molar-refractivity contribution is 0.0980. The van der Waals surface area contributed by atoms with Gasteiger partial charge in [0.1, 0.15) is 0 Å². The molecule has 0 atom stereocenters. The molecular weight excluding hydrogens is 492 g/mol. The van der Waals surface area contributed by atoms with Gasteiger partial charge >= 0.3 is 0 Å². The Hall–Kier alpha value is -4.18. The van der Waals surface area contributed by atoms with Crippen molar-refractivity contribution in [2.24, 2.45) is 0 Å². The summed E-state index contributed by atoms with van der Waals surface area (Å²) in [6, 6.07) is 28.1. The summed E-state index contributed by atoms with van der Waals surface area (Å²) in [4.78, 5) is 32.1. The second kappa shape index (κ2) is 11.9. The van der Waals surface area contributed by atoms with Crippen molar-refractivity contribution in [1.29, 1.82) is 0 Å². The number of carbonyl (C=O) groups excluding carboxylic acids is 2. The summed E-state index contributed by atoms with van der Waals surface area (Å²) in [7, 11) is 3.93. The number of anilines is 4. The molecule has 1 aliphatic rings. The number of ketones is 2. The van der Waals surface area contributed by atoms with Gasteiger partial charge in [0.2, 0.25) is 0 Å².